The number of nitrogens with zero attached hydrogens (tertiary/aromatic N) is 1. The molecule has 3 aliphatic rings. The van der Waals surface area contributed by atoms with Crippen LogP contribution in [0.1, 0.15) is 20.3 Å². The van der Waals surface area contributed by atoms with E-state index < -0.39 is 44.5 Å². The van der Waals surface area contributed by atoms with Crippen LogP contribution in [0.15, 0.2) is 54.4 Å². The minimum absolute atomic E-state index is 0.00564. The van der Waals surface area contributed by atoms with E-state index in [9.17, 15) is 9.36 Å². The number of hydrogen-bond donors (Lipinski definition) is 1. The van der Waals surface area contributed by atoms with Gasteiger partial charge in [0.25, 0.3) is 0 Å². The lowest BCUT2D eigenvalue weighted by Crippen LogP contribution is -2.40. The number of para-hydroxylation sites is 1. The summed E-state index contributed by atoms with van der Waals surface area (Å²) in [6.45, 7) is 3.64. The summed E-state index contributed by atoms with van der Waals surface area (Å²) >= 11 is 0. The maximum absolute atomic E-state index is 12.2. The van der Waals surface area contributed by atoms with Crippen molar-refractivity contribution in [3.63, 3.8) is 0 Å². The summed E-state index contributed by atoms with van der Waals surface area (Å²) in [5.74, 6) is -0.829. The van der Waals surface area contributed by atoms with Crippen LogP contribution in [0, 0.1) is 0 Å². The molecule has 162 valence electrons. The van der Waals surface area contributed by atoms with Crippen LogP contribution in [0.5, 0.6) is 5.75 Å². The number of carbonyl (C=O) groups excluding carboxylic acids is 1. The van der Waals surface area contributed by atoms with E-state index >= 15 is 0 Å². The maximum atomic E-state index is 12.2. The highest BCUT2D eigenvalue weighted by molar-refractivity contribution is 7.33. The zero-order valence-electron chi connectivity index (χ0n) is 16.7. The first kappa shape index (κ1) is 21.1. The van der Waals surface area contributed by atoms with Gasteiger partial charge in [0.15, 0.2) is 12.0 Å². The van der Waals surface area contributed by atoms with Crippen LogP contribution >= 0.6 is 8.25 Å². The monoisotopic (exact) mass is 436 g/mol. The maximum Gasteiger partial charge on any atom is 0.367 e. The summed E-state index contributed by atoms with van der Waals surface area (Å²) in [5, 5.41) is 0. The van der Waals surface area contributed by atoms with Crippen molar-refractivity contribution in [2.45, 2.75) is 50.6 Å². The molecule has 1 amide bonds. The van der Waals surface area contributed by atoms with Crippen LogP contribution in [0.3, 0.4) is 0 Å². The summed E-state index contributed by atoms with van der Waals surface area (Å²) in [5.41, 5.74) is 5.89. The van der Waals surface area contributed by atoms with E-state index in [1.54, 1.807) is 35.4 Å². The number of amides is 1. The Morgan fingerprint density at radius 1 is 1.27 bits per heavy atom. The van der Waals surface area contributed by atoms with E-state index in [1.807, 2.05) is 32.2 Å². The predicted molar refractivity (Wildman–Crippen MR) is 107 cm³/mol. The number of hydrogen-bond acceptors (Lipinski definition) is 8. The molecule has 0 radical (unpaired) electrons. The van der Waals surface area contributed by atoms with Crippen LogP contribution in [0.4, 0.5) is 0 Å². The van der Waals surface area contributed by atoms with E-state index in [0.717, 1.165) is 0 Å². The molecule has 0 aromatic heterocycles. The lowest BCUT2D eigenvalue weighted by molar-refractivity contribution is -0.201. The smallest absolute Gasteiger partial charge is 0.367 e. The number of primary amides is 1. The molecule has 0 saturated carbocycles. The Morgan fingerprint density at radius 2 is 2.00 bits per heavy atom. The van der Waals surface area contributed by atoms with Gasteiger partial charge in [-0.3, -0.25) is 9.32 Å². The number of ether oxygens (including phenoxy) is 3. The minimum Gasteiger partial charge on any atom is -0.426 e. The van der Waals surface area contributed by atoms with Gasteiger partial charge in [-0.2, -0.15) is 0 Å². The molecule has 0 spiro atoms. The average Bonchev–Trinajstić information content (AvgIpc) is 3.20. The molecule has 10 heteroatoms. The van der Waals surface area contributed by atoms with Crippen LogP contribution in [-0.2, 0) is 28.1 Å². The molecule has 9 nitrogen and oxygen atoms in total. The summed E-state index contributed by atoms with van der Waals surface area (Å²) in [6.07, 6.45) is 3.81. The van der Waals surface area contributed by atoms with E-state index in [1.165, 1.54) is 0 Å². The third-order valence-electron chi connectivity index (χ3n) is 4.97. The molecule has 5 atom stereocenters. The normalized spacial score (nSPS) is 30.6. The Labute approximate surface area is 175 Å². The molecule has 2 N–H and O–H groups in total. The zero-order chi connectivity index (χ0) is 21.3. The Balaban J connectivity index is 1.44. The molecule has 3 aliphatic heterocycles. The molecule has 2 saturated heterocycles. The van der Waals surface area contributed by atoms with Gasteiger partial charge in [0.05, 0.1) is 6.61 Å². The standard InChI is InChI=1S/C20H25N2O7P/c1-20(2)27-16-15(12-25-30(24)29-14-8-4-3-5-9-14)26-19(17(16)28-20)22-10-6-7-13(11-22)18(21)23/h3-6,8-11,15-17,19,30H,7,12H2,1-2H3,(H2,21,23)/t15?,16-,17-,19?/m1/s1. The minimum atomic E-state index is -2.77. The van der Waals surface area contributed by atoms with Gasteiger partial charge in [-0.05, 0) is 32.4 Å². The van der Waals surface area contributed by atoms with Gasteiger partial charge >= 0.3 is 8.25 Å². The van der Waals surface area contributed by atoms with Crippen molar-refractivity contribution in [2.24, 2.45) is 5.73 Å². The third kappa shape index (κ3) is 4.61. The van der Waals surface area contributed by atoms with Gasteiger partial charge < -0.3 is 29.4 Å². The van der Waals surface area contributed by atoms with Gasteiger partial charge in [0.2, 0.25) is 5.91 Å². The lowest BCUT2D eigenvalue weighted by atomic mass is 10.1. The summed E-state index contributed by atoms with van der Waals surface area (Å²) in [6, 6.07) is 8.80. The summed E-state index contributed by atoms with van der Waals surface area (Å²) in [7, 11) is -2.77. The molecular weight excluding hydrogens is 411 g/mol. The largest absolute Gasteiger partial charge is 0.426 e. The van der Waals surface area contributed by atoms with Gasteiger partial charge in [0, 0.05) is 18.0 Å². The van der Waals surface area contributed by atoms with E-state index in [-0.39, 0.29) is 6.61 Å². The van der Waals surface area contributed by atoms with Crippen molar-refractivity contribution in [1.29, 1.82) is 0 Å². The van der Waals surface area contributed by atoms with Gasteiger partial charge in [-0.15, -0.1) is 0 Å². The summed E-state index contributed by atoms with van der Waals surface area (Å²) in [4.78, 5) is 13.3. The molecular formula is C20H25N2O7P. The van der Waals surface area contributed by atoms with Crippen molar-refractivity contribution in [3.8, 4) is 5.75 Å². The Kier molecular flexibility index (Phi) is 5.99. The highest BCUT2D eigenvalue weighted by Crippen LogP contribution is 2.41. The lowest BCUT2D eigenvalue weighted by Gasteiger charge is -2.31. The first-order chi connectivity index (χ1) is 14.3. The first-order valence-corrected chi connectivity index (χ1v) is 10.9. The number of benzene rings is 1. The number of fused-ring (bicyclic) bond motifs is 1. The first-order valence-electron chi connectivity index (χ1n) is 9.68. The molecule has 1 aromatic carbocycles. The van der Waals surface area contributed by atoms with Crippen molar-refractivity contribution in [3.05, 3.63) is 54.4 Å². The highest BCUT2D eigenvalue weighted by atomic mass is 31.1. The molecule has 0 aliphatic carbocycles. The quantitative estimate of drug-likeness (QED) is 0.649. The zero-order valence-corrected chi connectivity index (χ0v) is 17.7. The van der Waals surface area contributed by atoms with Crippen LogP contribution < -0.4 is 10.3 Å². The number of allylic oxidation sites excluding steroid dienone is 1. The molecule has 4 rings (SSSR count). The second kappa shape index (κ2) is 8.53. The predicted octanol–water partition coefficient (Wildman–Crippen LogP) is 2.31. The fourth-order valence-corrected chi connectivity index (χ4v) is 4.39. The van der Waals surface area contributed by atoms with Crippen molar-refractivity contribution in [2.75, 3.05) is 6.61 Å². The van der Waals surface area contributed by atoms with Crippen LogP contribution in [0.25, 0.3) is 0 Å². The fourth-order valence-electron chi connectivity index (χ4n) is 3.70. The van der Waals surface area contributed by atoms with Crippen molar-refractivity contribution < 1.29 is 32.6 Å². The molecule has 0 bridgehead atoms. The highest BCUT2D eigenvalue weighted by Gasteiger charge is 2.56. The van der Waals surface area contributed by atoms with E-state index in [2.05, 4.69) is 0 Å². The van der Waals surface area contributed by atoms with Crippen LogP contribution in [-0.4, -0.2) is 47.7 Å². The Morgan fingerprint density at radius 3 is 2.73 bits per heavy atom. The molecule has 1 aromatic rings. The second-order valence-electron chi connectivity index (χ2n) is 7.66. The van der Waals surface area contributed by atoms with Crippen molar-refractivity contribution in [1.82, 2.24) is 4.90 Å². The third-order valence-corrected chi connectivity index (χ3v) is 5.77. The van der Waals surface area contributed by atoms with Gasteiger partial charge in [0.1, 0.15) is 24.1 Å². The number of carbonyl (C=O) groups is 1. The Bertz CT molecular complexity index is 873. The molecule has 3 heterocycles. The van der Waals surface area contributed by atoms with Gasteiger partial charge in [-0.25, -0.2) is 4.57 Å². The fraction of sp³-hybridized carbons (Fsp3) is 0.450. The SMILES string of the molecule is CC1(C)O[C@@H]2C(CO[PH](=O)Oc3ccccc3)OC(N3C=CCC(C(N)=O)=C3)[C@@H]2O1. The number of rotatable bonds is 7. The molecule has 2 fully saturated rings. The van der Waals surface area contributed by atoms with E-state index in [0.29, 0.717) is 17.7 Å². The second-order valence-corrected chi connectivity index (χ2v) is 8.65. The summed E-state index contributed by atoms with van der Waals surface area (Å²) < 4.78 is 41.1. The molecule has 3 unspecified atom stereocenters. The molecule has 30 heavy (non-hydrogen) atoms. The van der Waals surface area contributed by atoms with Gasteiger partial charge in [-0.1, -0.05) is 24.3 Å². The Hall–Kier alpha value is -2.16. The van der Waals surface area contributed by atoms with Crippen LogP contribution in [0.2, 0.25) is 0 Å². The number of nitrogens with two attached hydrogens (primary N) is 1. The van der Waals surface area contributed by atoms with Crippen molar-refractivity contribution >= 4 is 14.2 Å². The van der Waals surface area contributed by atoms with E-state index in [4.69, 9.17) is 29.0 Å². The topological polar surface area (TPSA) is 110 Å². The average molecular weight is 436 g/mol.